The van der Waals surface area contributed by atoms with E-state index in [0.29, 0.717) is 28.2 Å². The summed E-state index contributed by atoms with van der Waals surface area (Å²) in [5.74, 6) is 0.328. The second-order valence-corrected chi connectivity index (χ2v) is 8.86. The lowest BCUT2D eigenvalue weighted by Crippen LogP contribution is -2.28. The monoisotopic (exact) mass is 444 g/mol. The van der Waals surface area contributed by atoms with Gasteiger partial charge in [-0.1, -0.05) is 30.0 Å². The highest BCUT2D eigenvalue weighted by Gasteiger charge is 2.23. The van der Waals surface area contributed by atoms with Gasteiger partial charge in [-0.25, -0.2) is 4.98 Å². The van der Waals surface area contributed by atoms with Gasteiger partial charge in [-0.3, -0.25) is 9.59 Å². The van der Waals surface area contributed by atoms with Crippen LogP contribution in [0, 0.1) is 6.92 Å². The maximum absolute atomic E-state index is 12.5. The van der Waals surface area contributed by atoms with E-state index >= 15 is 0 Å². The van der Waals surface area contributed by atoms with E-state index in [2.05, 4.69) is 25.8 Å². The topological polar surface area (TPSA) is 102 Å². The number of carbonyl (C=O) groups excluding carboxylic acids is 2. The molecule has 1 aromatic carbocycles. The number of thioether (sulfide) groups is 1. The van der Waals surface area contributed by atoms with Gasteiger partial charge in [-0.05, 0) is 39.8 Å². The molecule has 2 amide bonds. The minimum Gasteiger partial charge on any atom is -0.342 e. The van der Waals surface area contributed by atoms with Gasteiger partial charge < -0.3 is 15.2 Å². The third-order valence-electron chi connectivity index (χ3n) is 4.33. The Morgan fingerprint density at radius 2 is 1.93 bits per heavy atom. The van der Waals surface area contributed by atoms with Crippen LogP contribution < -0.4 is 10.6 Å². The maximum atomic E-state index is 12.5. The van der Waals surface area contributed by atoms with E-state index in [-0.39, 0.29) is 23.1 Å². The molecule has 2 N–H and O–H groups in total. The molecule has 2 aromatic heterocycles. The van der Waals surface area contributed by atoms with Crippen molar-refractivity contribution in [2.45, 2.75) is 50.7 Å². The lowest BCUT2D eigenvalue weighted by Gasteiger charge is -2.16. The van der Waals surface area contributed by atoms with Crippen molar-refractivity contribution in [1.82, 2.24) is 25.1 Å². The molecule has 0 saturated heterocycles. The predicted octanol–water partition coefficient (Wildman–Crippen LogP) is 3.67. The van der Waals surface area contributed by atoms with Crippen LogP contribution in [-0.4, -0.2) is 36.8 Å². The lowest BCUT2D eigenvalue weighted by molar-refractivity contribution is -0.115. The predicted molar refractivity (Wildman–Crippen MR) is 119 cm³/mol. The van der Waals surface area contributed by atoms with Gasteiger partial charge in [0.1, 0.15) is 0 Å². The number of rotatable bonds is 8. The first-order chi connectivity index (χ1) is 14.4. The number of hydrogen-bond acceptors (Lipinski definition) is 7. The number of amides is 2. The first-order valence-electron chi connectivity index (χ1n) is 9.57. The number of benzene rings is 1. The molecule has 158 valence electrons. The summed E-state index contributed by atoms with van der Waals surface area (Å²) in [6.45, 7) is 8.16. The van der Waals surface area contributed by atoms with Crippen LogP contribution in [0.5, 0.6) is 0 Å². The molecule has 2 atom stereocenters. The molecule has 8 nitrogen and oxygen atoms in total. The van der Waals surface area contributed by atoms with Crippen LogP contribution in [0.15, 0.2) is 40.9 Å². The zero-order chi connectivity index (χ0) is 21.7. The zero-order valence-corrected chi connectivity index (χ0v) is 18.9. The summed E-state index contributed by atoms with van der Waals surface area (Å²) >= 11 is 2.72. The van der Waals surface area contributed by atoms with Crippen molar-refractivity contribution in [3.8, 4) is 0 Å². The van der Waals surface area contributed by atoms with Crippen LogP contribution in [0.4, 0.5) is 5.13 Å². The molecular weight excluding hydrogens is 420 g/mol. The Kier molecular flexibility index (Phi) is 7.22. The summed E-state index contributed by atoms with van der Waals surface area (Å²) < 4.78 is 1.91. The number of aromatic nitrogens is 4. The van der Waals surface area contributed by atoms with Gasteiger partial charge in [0.05, 0.1) is 17.0 Å². The average Bonchev–Trinajstić information content (AvgIpc) is 3.33. The van der Waals surface area contributed by atoms with Crippen molar-refractivity contribution in [1.29, 1.82) is 0 Å². The summed E-state index contributed by atoms with van der Waals surface area (Å²) in [5, 5.41) is 17.0. The van der Waals surface area contributed by atoms with Crippen molar-refractivity contribution in [3.05, 3.63) is 52.8 Å². The van der Waals surface area contributed by atoms with Gasteiger partial charge in [0.2, 0.25) is 5.91 Å². The fraction of sp³-hybridized carbons (Fsp3) is 0.350. The highest BCUT2D eigenvalue weighted by atomic mass is 32.2. The summed E-state index contributed by atoms with van der Waals surface area (Å²) in [5.41, 5.74) is 1.46. The highest BCUT2D eigenvalue weighted by Crippen LogP contribution is 2.26. The summed E-state index contributed by atoms with van der Waals surface area (Å²) in [4.78, 5) is 29.2. The molecule has 10 heteroatoms. The Morgan fingerprint density at radius 3 is 2.57 bits per heavy atom. The Bertz CT molecular complexity index is 1020. The van der Waals surface area contributed by atoms with E-state index < -0.39 is 0 Å². The number of hydrogen-bond donors (Lipinski definition) is 2. The Labute approximate surface area is 183 Å². The first-order valence-corrected chi connectivity index (χ1v) is 11.3. The van der Waals surface area contributed by atoms with Crippen LogP contribution in [0.25, 0.3) is 0 Å². The second kappa shape index (κ2) is 9.86. The van der Waals surface area contributed by atoms with Crippen LogP contribution in [0.2, 0.25) is 0 Å². The Morgan fingerprint density at radius 1 is 1.20 bits per heavy atom. The second-order valence-electron chi connectivity index (χ2n) is 6.69. The summed E-state index contributed by atoms with van der Waals surface area (Å²) in [7, 11) is 0. The normalized spacial score (nSPS) is 12.9. The van der Waals surface area contributed by atoms with Crippen LogP contribution >= 0.6 is 23.1 Å². The summed E-state index contributed by atoms with van der Waals surface area (Å²) in [6, 6.07) is 8.70. The molecular formula is C20H24N6O2S2. The third kappa shape index (κ3) is 5.25. The molecule has 0 unspecified atom stereocenters. The van der Waals surface area contributed by atoms with Crippen molar-refractivity contribution in [2.75, 3.05) is 5.32 Å². The first kappa shape index (κ1) is 22.0. The van der Waals surface area contributed by atoms with Crippen molar-refractivity contribution in [2.24, 2.45) is 0 Å². The molecule has 0 aliphatic carbocycles. The molecule has 30 heavy (non-hydrogen) atoms. The van der Waals surface area contributed by atoms with Gasteiger partial charge in [0.15, 0.2) is 16.1 Å². The summed E-state index contributed by atoms with van der Waals surface area (Å²) in [6.07, 6.45) is 0. The molecule has 0 radical (unpaired) electrons. The van der Waals surface area contributed by atoms with Crippen molar-refractivity contribution >= 4 is 40.0 Å². The SMILES string of the molecule is CCn1c(S[C@@H](C)C(=O)Nc2nc(C)cs2)nnc1[C@@H](C)NC(=O)c1ccccc1. The number of nitrogens with zero attached hydrogens (tertiary/aromatic N) is 4. The van der Waals surface area contributed by atoms with E-state index in [1.165, 1.54) is 23.1 Å². The molecule has 2 heterocycles. The van der Waals surface area contributed by atoms with Gasteiger partial charge in [-0.15, -0.1) is 21.5 Å². The smallest absolute Gasteiger partial charge is 0.251 e. The molecule has 0 saturated carbocycles. The maximum Gasteiger partial charge on any atom is 0.251 e. The molecule has 0 fully saturated rings. The number of thiazole rings is 1. The zero-order valence-electron chi connectivity index (χ0n) is 17.2. The minimum atomic E-state index is -0.384. The number of aryl methyl sites for hydroxylation is 1. The fourth-order valence-corrected chi connectivity index (χ4v) is 4.38. The third-order valence-corrected chi connectivity index (χ3v) is 6.29. The molecule has 0 spiro atoms. The van der Waals surface area contributed by atoms with E-state index in [0.717, 1.165) is 5.69 Å². The Balaban J connectivity index is 1.67. The lowest BCUT2D eigenvalue weighted by atomic mass is 10.2. The number of nitrogens with one attached hydrogen (secondary N) is 2. The van der Waals surface area contributed by atoms with E-state index in [1.54, 1.807) is 12.1 Å². The number of anilines is 1. The van der Waals surface area contributed by atoms with E-state index in [9.17, 15) is 9.59 Å². The van der Waals surface area contributed by atoms with E-state index in [1.807, 2.05) is 55.8 Å². The standard InChI is InChI=1S/C20H24N6O2S2/c1-5-26-16(13(3)22-18(28)15-9-7-6-8-10-15)24-25-20(26)30-14(4)17(27)23-19-21-12(2)11-29-19/h6-11,13-14H,5H2,1-4H3,(H,22,28)(H,21,23,27)/t13-,14+/m1/s1. The fourth-order valence-electron chi connectivity index (χ4n) is 2.77. The molecule has 3 aromatic rings. The highest BCUT2D eigenvalue weighted by molar-refractivity contribution is 8.00. The minimum absolute atomic E-state index is 0.146. The van der Waals surface area contributed by atoms with Gasteiger partial charge in [0, 0.05) is 17.5 Å². The molecule has 3 rings (SSSR count). The average molecular weight is 445 g/mol. The largest absolute Gasteiger partial charge is 0.342 e. The van der Waals surface area contributed by atoms with Crippen molar-refractivity contribution in [3.63, 3.8) is 0 Å². The van der Waals surface area contributed by atoms with Crippen LogP contribution in [-0.2, 0) is 11.3 Å². The van der Waals surface area contributed by atoms with Crippen molar-refractivity contribution < 1.29 is 9.59 Å². The van der Waals surface area contributed by atoms with Gasteiger partial charge in [0.25, 0.3) is 5.91 Å². The molecule has 0 aliphatic rings. The van der Waals surface area contributed by atoms with Crippen LogP contribution in [0.1, 0.15) is 48.7 Å². The Hall–Kier alpha value is -2.72. The van der Waals surface area contributed by atoms with Gasteiger partial charge in [-0.2, -0.15) is 0 Å². The van der Waals surface area contributed by atoms with Gasteiger partial charge >= 0.3 is 0 Å². The quantitative estimate of drug-likeness (QED) is 0.514. The molecule has 0 aliphatic heterocycles. The molecule has 0 bridgehead atoms. The van der Waals surface area contributed by atoms with Crippen LogP contribution in [0.3, 0.4) is 0 Å². The van der Waals surface area contributed by atoms with E-state index in [4.69, 9.17) is 0 Å². The number of carbonyl (C=O) groups is 2.